The number of piperazine rings is 1. The first-order valence-electron chi connectivity index (χ1n) is 9.04. The van der Waals surface area contributed by atoms with Gasteiger partial charge in [-0.05, 0) is 24.6 Å². The van der Waals surface area contributed by atoms with Crippen LogP contribution in [0.4, 0.5) is 26.3 Å². The van der Waals surface area contributed by atoms with Crippen molar-refractivity contribution in [1.29, 1.82) is 0 Å². The number of nitrogens with zero attached hydrogens (tertiary/aromatic N) is 3. The van der Waals surface area contributed by atoms with Crippen molar-refractivity contribution < 1.29 is 31.1 Å². The Balaban J connectivity index is 0.00000450. The lowest BCUT2D eigenvalue weighted by Crippen LogP contribution is -2.56. The summed E-state index contributed by atoms with van der Waals surface area (Å²) in [5, 5.41) is 3.12. The SMILES string of the molecule is CN=C(NCc1ccc(OCC(F)(F)F)cc1)N1CCN(C(C)C(F)(F)F)CC1.I. The highest BCUT2D eigenvalue weighted by molar-refractivity contribution is 14.0. The molecule has 30 heavy (non-hydrogen) atoms. The second-order valence-electron chi connectivity index (χ2n) is 6.69. The second-order valence-corrected chi connectivity index (χ2v) is 6.69. The molecule has 2 rings (SSSR count). The molecule has 12 heteroatoms. The van der Waals surface area contributed by atoms with Crippen LogP contribution in [0.25, 0.3) is 0 Å². The molecule has 1 aromatic rings. The molecule has 172 valence electrons. The topological polar surface area (TPSA) is 40.1 Å². The maximum Gasteiger partial charge on any atom is 0.422 e. The van der Waals surface area contributed by atoms with Gasteiger partial charge in [0.2, 0.25) is 0 Å². The third kappa shape index (κ3) is 8.36. The van der Waals surface area contributed by atoms with Gasteiger partial charge in [-0.25, -0.2) is 0 Å². The molecule has 0 amide bonds. The summed E-state index contributed by atoms with van der Waals surface area (Å²) in [5.74, 6) is 0.673. The van der Waals surface area contributed by atoms with Gasteiger partial charge in [0.15, 0.2) is 12.6 Å². The number of guanidine groups is 1. The fourth-order valence-corrected chi connectivity index (χ4v) is 2.91. The molecule has 1 aromatic carbocycles. The molecule has 0 aromatic heterocycles. The van der Waals surface area contributed by atoms with Crippen LogP contribution in [0.3, 0.4) is 0 Å². The van der Waals surface area contributed by atoms with E-state index in [4.69, 9.17) is 0 Å². The monoisotopic (exact) mass is 554 g/mol. The molecule has 0 spiro atoms. The van der Waals surface area contributed by atoms with Gasteiger partial charge >= 0.3 is 12.4 Å². The Morgan fingerprint density at radius 1 is 1.07 bits per heavy atom. The quantitative estimate of drug-likeness (QED) is 0.260. The molecule has 1 fully saturated rings. The van der Waals surface area contributed by atoms with E-state index >= 15 is 0 Å². The summed E-state index contributed by atoms with van der Waals surface area (Å²) >= 11 is 0. The lowest BCUT2D eigenvalue weighted by molar-refractivity contribution is -0.181. The summed E-state index contributed by atoms with van der Waals surface area (Å²) in [6.45, 7) is 1.53. The van der Waals surface area contributed by atoms with E-state index in [1.165, 1.54) is 17.0 Å². The van der Waals surface area contributed by atoms with E-state index in [-0.39, 0.29) is 42.8 Å². The van der Waals surface area contributed by atoms with Gasteiger partial charge in [-0.1, -0.05) is 12.1 Å². The van der Waals surface area contributed by atoms with E-state index in [0.29, 0.717) is 25.6 Å². The van der Waals surface area contributed by atoms with Crippen molar-refractivity contribution in [2.45, 2.75) is 31.9 Å². The maximum atomic E-state index is 12.8. The van der Waals surface area contributed by atoms with Crippen LogP contribution in [-0.2, 0) is 6.54 Å². The summed E-state index contributed by atoms with van der Waals surface area (Å²) in [5.41, 5.74) is 0.801. The Morgan fingerprint density at radius 3 is 2.10 bits per heavy atom. The number of hydrogen-bond acceptors (Lipinski definition) is 3. The number of benzene rings is 1. The molecule has 5 nitrogen and oxygen atoms in total. The van der Waals surface area contributed by atoms with Gasteiger partial charge in [-0.15, -0.1) is 24.0 Å². The summed E-state index contributed by atoms with van der Waals surface area (Å²) in [6, 6.07) is 4.67. The number of aliphatic imine (C=N–C) groups is 1. The van der Waals surface area contributed by atoms with Gasteiger partial charge in [0, 0.05) is 39.8 Å². The number of ether oxygens (including phenoxy) is 1. The minimum absolute atomic E-state index is 0. The molecular weight excluding hydrogens is 529 g/mol. The zero-order valence-electron chi connectivity index (χ0n) is 16.6. The number of nitrogens with one attached hydrogen (secondary N) is 1. The summed E-state index contributed by atoms with van der Waals surface area (Å²) in [7, 11) is 1.58. The van der Waals surface area contributed by atoms with Gasteiger partial charge in [0.25, 0.3) is 0 Å². The van der Waals surface area contributed by atoms with Gasteiger partial charge in [-0.3, -0.25) is 9.89 Å². The van der Waals surface area contributed by atoms with E-state index in [1.54, 1.807) is 19.2 Å². The van der Waals surface area contributed by atoms with Crippen LogP contribution in [-0.4, -0.2) is 74.0 Å². The lowest BCUT2D eigenvalue weighted by Gasteiger charge is -2.39. The predicted molar refractivity (Wildman–Crippen MR) is 112 cm³/mol. The Morgan fingerprint density at radius 2 is 1.63 bits per heavy atom. The molecule has 1 heterocycles. The van der Waals surface area contributed by atoms with Gasteiger partial charge in [-0.2, -0.15) is 26.3 Å². The fourth-order valence-electron chi connectivity index (χ4n) is 2.91. The van der Waals surface area contributed by atoms with Crippen molar-refractivity contribution in [3.63, 3.8) is 0 Å². The molecule has 0 saturated carbocycles. The van der Waals surface area contributed by atoms with Crippen LogP contribution < -0.4 is 10.1 Å². The largest absolute Gasteiger partial charge is 0.484 e. The smallest absolute Gasteiger partial charge is 0.422 e. The highest BCUT2D eigenvalue weighted by Gasteiger charge is 2.41. The van der Waals surface area contributed by atoms with Crippen molar-refractivity contribution >= 4 is 29.9 Å². The molecule has 1 unspecified atom stereocenters. The lowest BCUT2D eigenvalue weighted by atomic mass is 10.2. The minimum Gasteiger partial charge on any atom is -0.484 e. The molecule has 1 N–H and O–H groups in total. The third-order valence-corrected chi connectivity index (χ3v) is 4.62. The van der Waals surface area contributed by atoms with Crippen LogP contribution in [0.2, 0.25) is 0 Å². The Kier molecular flexibility index (Phi) is 9.98. The average molecular weight is 554 g/mol. The molecule has 0 bridgehead atoms. The molecule has 1 aliphatic rings. The first-order valence-corrected chi connectivity index (χ1v) is 9.04. The van der Waals surface area contributed by atoms with Crippen molar-refractivity contribution in [2.24, 2.45) is 4.99 Å². The van der Waals surface area contributed by atoms with Crippen LogP contribution >= 0.6 is 24.0 Å². The van der Waals surface area contributed by atoms with Crippen molar-refractivity contribution in [3.8, 4) is 5.75 Å². The first-order chi connectivity index (χ1) is 13.5. The zero-order chi connectivity index (χ0) is 21.7. The average Bonchev–Trinajstić information content (AvgIpc) is 2.66. The highest BCUT2D eigenvalue weighted by Crippen LogP contribution is 2.25. The highest BCUT2D eigenvalue weighted by atomic mass is 127. The first kappa shape index (κ1) is 26.6. The Labute approximate surface area is 188 Å². The van der Waals surface area contributed by atoms with E-state index in [1.807, 2.05) is 4.90 Å². The van der Waals surface area contributed by atoms with E-state index in [0.717, 1.165) is 12.5 Å². The van der Waals surface area contributed by atoms with Crippen LogP contribution in [0.1, 0.15) is 12.5 Å². The number of hydrogen-bond donors (Lipinski definition) is 1. The third-order valence-electron chi connectivity index (χ3n) is 4.62. The Bertz CT molecular complexity index is 673. The van der Waals surface area contributed by atoms with Crippen molar-refractivity contribution in [2.75, 3.05) is 39.8 Å². The van der Waals surface area contributed by atoms with Crippen molar-refractivity contribution in [1.82, 2.24) is 15.1 Å². The fraction of sp³-hybridized carbons (Fsp3) is 0.611. The second kappa shape index (κ2) is 11.3. The van der Waals surface area contributed by atoms with Crippen molar-refractivity contribution in [3.05, 3.63) is 29.8 Å². The normalized spacial score (nSPS) is 17.3. The predicted octanol–water partition coefficient (Wildman–Crippen LogP) is 3.89. The number of alkyl halides is 6. The number of halogens is 7. The molecule has 1 aliphatic heterocycles. The summed E-state index contributed by atoms with van der Waals surface area (Å²) in [6.07, 6.45) is -8.65. The summed E-state index contributed by atoms with van der Waals surface area (Å²) in [4.78, 5) is 7.43. The standard InChI is InChI=1S/C18H24F6N4O.HI/c1-13(18(22,23)24)27-7-9-28(10-8-27)16(25-2)26-11-14-3-5-15(6-4-14)29-12-17(19,20)21;/h3-6,13H,7-12H2,1-2H3,(H,25,26);1H. The molecule has 1 saturated heterocycles. The Hall–Kier alpha value is -1.44. The van der Waals surface area contributed by atoms with Gasteiger partial charge < -0.3 is 15.0 Å². The zero-order valence-corrected chi connectivity index (χ0v) is 18.9. The molecular formula is C18H25F6IN4O. The van der Waals surface area contributed by atoms with Crippen LogP contribution in [0, 0.1) is 0 Å². The van der Waals surface area contributed by atoms with E-state index in [9.17, 15) is 26.3 Å². The minimum atomic E-state index is -4.39. The molecule has 0 aliphatic carbocycles. The molecule has 1 atom stereocenters. The maximum absolute atomic E-state index is 12.8. The van der Waals surface area contributed by atoms with Gasteiger partial charge in [0.05, 0.1) is 0 Å². The summed E-state index contributed by atoms with van der Waals surface area (Å²) < 4.78 is 79.7. The van der Waals surface area contributed by atoms with E-state index < -0.39 is 25.0 Å². The number of rotatable bonds is 5. The van der Waals surface area contributed by atoms with Crippen LogP contribution in [0.5, 0.6) is 5.75 Å². The van der Waals surface area contributed by atoms with E-state index in [2.05, 4.69) is 15.0 Å². The van der Waals surface area contributed by atoms with Gasteiger partial charge in [0.1, 0.15) is 11.8 Å². The van der Waals surface area contributed by atoms with Crippen LogP contribution in [0.15, 0.2) is 29.3 Å². The molecule has 0 radical (unpaired) electrons.